The van der Waals surface area contributed by atoms with Crippen molar-refractivity contribution in [1.29, 1.82) is 0 Å². The lowest BCUT2D eigenvalue weighted by atomic mass is 10.3. The average molecular weight is 312 g/mol. The summed E-state index contributed by atoms with van der Waals surface area (Å²) in [5.74, 6) is -0.401. The van der Waals surface area contributed by atoms with E-state index in [1.807, 2.05) is 4.90 Å². The number of sulfonamides is 1. The van der Waals surface area contributed by atoms with Crippen LogP contribution in [-0.4, -0.2) is 56.3 Å². The highest BCUT2D eigenvalue weighted by Crippen LogP contribution is 2.19. The van der Waals surface area contributed by atoms with Crippen molar-refractivity contribution in [3.63, 3.8) is 0 Å². The van der Waals surface area contributed by atoms with Gasteiger partial charge in [-0.25, -0.2) is 8.42 Å². The van der Waals surface area contributed by atoms with Gasteiger partial charge in [0.1, 0.15) is 0 Å². The summed E-state index contributed by atoms with van der Waals surface area (Å²) in [6.07, 6.45) is 0.662. The fourth-order valence-corrected chi connectivity index (χ4v) is 3.92. The first-order valence-electron chi connectivity index (χ1n) is 6.76. The molecule has 0 aliphatic carbocycles. The lowest BCUT2D eigenvalue weighted by Gasteiger charge is -2.21. The second kappa shape index (κ2) is 6.42. The van der Waals surface area contributed by atoms with Crippen LogP contribution in [-0.2, 0) is 14.8 Å². The van der Waals surface area contributed by atoms with Crippen LogP contribution >= 0.6 is 0 Å². The van der Waals surface area contributed by atoms with Crippen molar-refractivity contribution in [3.05, 3.63) is 24.3 Å². The Hall–Kier alpha value is -1.64. The number of carbonyl (C=O) groups is 1. The number of carbonyl (C=O) groups excluding carboxylic acids is 1. The molecule has 1 heterocycles. The number of rotatable bonds is 4. The van der Waals surface area contributed by atoms with Gasteiger partial charge in [0.15, 0.2) is 0 Å². The summed E-state index contributed by atoms with van der Waals surface area (Å²) in [5.41, 5.74) is 11.2. The Bertz CT molecular complexity index is 618. The Morgan fingerprint density at radius 1 is 1.19 bits per heavy atom. The van der Waals surface area contributed by atoms with Crippen molar-refractivity contribution < 1.29 is 13.2 Å². The number of nitrogens with zero attached hydrogens (tertiary/aromatic N) is 2. The van der Waals surface area contributed by atoms with Gasteiger partial charge in [-0.2, -0.15) is 4.31 Å². The predicted molar refractivity (Wildman–Crippen MR) is 79.9 cm³/mol. The summed E-state index contributed by atoms with van der Waals surface area (Å²) < 4.78 is 26.6. The maximum atomic E-state index is 12.6. The van der Waals surface area contributed by atoms with Crippen LogP contribution in [0, 0.1) is 0 Å². The zero-order valence-corrected chi connectivity index (χ0v) is 12.6. The molecule has 1 fully saturated rings. The maximum Gasteiger partial charge on any atom is 0.243 e. The summed E-state index contributed by atoms with van der Waals surface area (Å²) in [6.45, 7) is 2.07. The number of hydrogen-bond donors (Lipinski definition) is 2. The van der Waals surface area contributed by atoms with Crippen LogP contribution in [0.25, 0.3) is 0 Å². The summed E-state index contributed by atoms with van der Waals surface area (Å²) in [6, 6.07) is 6.27. The van der Waals surface area contributed by atoms with Gasteiger partial charge in [-0.3, -0.25) is 9.69 Å². The Morgan fingerprint density at radius 3 is 2.62 bits per heavy atom. The first-order chi connectivity index (χ1) is 9.89. The van der Waals surface area contributed by atoms with Crippen molar-refractivity contribution in [3.8, 4) is 0 Å². The normalized spacial score (nSPS) is 18.3. The predicted octanol–water partition coefficient (Wildman–Crippen LogP) is -0.549. The van der Waals surface area contributed by atoms with Crippen LogP contribution in [0.2, 0.25) is 0 Å². The lowest BCUT2D eigenvalue weighted by molar-refractivity contribution is -0.119. The molecule has 0 spiro atoms. The summed E-state index contributed by atoms with van der Waals surface area (Å²) in [4.78, 5) is 13.0. The monoisotopic (exact) mass is 312 g/mol. The van der Waals surface area contributed by atoms with Gasteiger partial charge in [-0.05, 0) is 31.2 Å². The minimum atomic E-state index is -3.55. The second-order valence-corrected chi connectivity index (χ2v) is 7.01. The van der Waals surface area contributed by atoms with E-state index in [1.54, 1.807) is 12.1 Å². The number of anilines is 1. The van der Waals surface area contributed by atoms with Crippen LogP contribution in [0.3, 0.4) is 0 Å². The maximum absolute atomic E-state index is 12.6. The van der Waals surface area contributed by atoms with Crippen molar-refractivity contribution in [1.82, 2.24) is 9.21 Å². The van der Waals surface area contributed by atoms with Gasteiger partial charge in [0.2, 0.25) is 15.9 Å². The molecule has 1 aliphatic rings. The molecule has 8 heteroatoms. The van der Waals surface area contributed by atoms with E-state index in [0.717, 1.165) is 0 Å². The highest BCUT2D eigenvalue weighted by atomic mass is 32.2. The van der Waals surface area contributed by atoms with E-state index in [0.29, 0.717) is 38.3 Å². The van der Waals surface area contributed by atoms with Gasteiger partial charge < -0.3 is 11.5 Å². The third kappa shape index (κ3) is 3.93. The standard InChI is InChI=1S/C13H20N4O3S/c14-11-3-1-4-12(9-11)21(19,20)17-6-2-5-16(7-8-17)10-13(15)18/h1,3-4,9H,2,5-8,10,14H2,(H2,15,18). The lowest BCUT2D eigenvalue weighted by Crippen LogP contribution is -2.38. The third-order valence-electron chi connectivity index (χ3n) is 3.42. The minimum Gasteiger partial charge on any atom is -0.399 e. The fraction of sp³-hybridized carbons (Fsp3) is 0.462. The molecule has 0 aromatic heterocycles. The quantitative estimate of drug-likeness (QED) is 0.725. The van der Waals surface area contributed by atoms with E-state index in [-0.39, 0.29) is 11.4 Å². The van der Waals surface area contributed by atoms with Crippen molar-refractivity contribution in [2.75, 3.05) is 38.5 Å². The highest BCUT2D eigenvalue weighted by molar-refractivity contribution is 7.89. The molecule has 0 radical (unpaired) electrons. The van der Waals surface area contributed by atoms with E-state index in [1.165, 1.54) is 16.4 Å². The molecular weight excluding hydrogens is 292 g/mol. The smallest absolute Gasteiger partial charge is 0.243 e. The van der Waals surface area contributed by atoms with E-state index in [2.05, 4.69) is 0 Å². The zero-order chi connectivity index (χ0) is 15.5. The van der Waals surface area contributed by atoms with Crippen LogP contribution in [0.5, 0.6) is 0 Å². The molecule has 0 atom stereocenters. The molecule has 0 bridgehead atoms. The minimum absolute atomic E-state index is 0.159. The molecule has 1 aromatic carbocycles. The Kier molecular flexibility index (Phi) is 4.81. The molecule has 1 saturated heterocycles. The highest BCUT2D eigenvalue weighted by Gasteiger charge is 2.27. The van der Waals surface area contributed by atoms with E-state index in [4.69, 9.17) is 11.5 Å². The van der Waals surface area contributed by atoms with E-state index < -0.39 is 15.9 Å². The number of benzene rings is 1. The number of hydrogen-bond acceptors (Lipinski definition) is 5. The van der Waals surface area contributed by atoms with Gasteiger partial charge in [-0.1, -0.05) is 6.07 Å². The van der Waals surface area contributed by atoms with Crippen LogP contribution in [0.4, 0.5) is 5.69 Å². The van der Waals surface area contributed by atoms with Crippen molar-refractivity contribution in [2.24, 2.45) is 5.73 Å². The van der Waals surface area contributed by atoms with E-state index in [9.17, 15) is 13.2 Å². The molecular formula is C13H20N4O3S. The Morgan fingerprint density at radius 2 is 1.95 bits per heavy atom. The molecule has 2 rings (SSSR count). The molecule has 1 aliphatic heterocycles. The first-order valence-corrected chi connectivity index (χ1v) is 8.20. The largest absolute Gasteiger partial charge is 0.399 e. The van der Waals surface area contributed by atoms with Gasteiger partial charge in [0, 0.05) is 25.3 Å². The molecule has 7 nitrogen and oxygen atoms in total. The van der Waals surface area contributed by atoms with Crippen LogP contribution in [0.15, 0.2) is 29.2 Å². The SMILES string of the molecule is NC(=O)CN1CCCN(S(=O)(=O)c2cccc(N)c2)CC1. The molecule has 116 valence electrons. The number of nitrogens with two attached hydrogens (primary N) is 2. The Balaban J connectivity index is 2.12. The summed E-state index contributed by atoms with van der Waals surface area (Å²) in [5, 5.41) is 0. The average Bonchev–Trinajstić information content (AvgIpc) is 2.64. The molecule has 0 saturated carbocycles. The third-order valence-corrected chi connectivity index (χ3v) is 5.32. The number of amides is 1. The van der Waals surface area contributed by atoms with E-state index >= 15 is 0 Å². The molecule has 21 heavy (non-hydrogen) atoms. The summed E-state index contributed by atoms with van der Waals surface area (Å²) in [7, 11) is -3.55. The molecule has 1 amide bonds. The molecule has 0 unspecified atom stereocenters. The van der Waals surface area contributed by atoms with Gasteiger partial charge >= 0.3 is 0 Å². The van der Waals surface area contributed by atoms with Crippen LogP contribution < -0.4 is 11.5 Å². The second-order valence-electron chi connectivity index (χ2n) is 5.07. The van der Waals surface area contributed by atoms with Crippen LogP contribution in [0.1, 0.15) is 6.42 Å². The molecule has 4 N–H and O–H groups in total. The van der Waals surface area contributed by atoms with Crippen molar-refractivity contribution >= 4 is 21.6 Å². The Labute approximate surface area is 124 Å². The summed E-state index contributed by atoms with van der Waals surface area (Å²) >= 11 is 0. The van der Waals surface area contributed by atoms with Gasteiger partial charge in [0.25, 0.3) is 0 Å². The van der Waals surface area contributed by atoms with Gasteiger partial charge in [0.05, 0.1) is 11.4 Å². The number of nitrogen functional groups attached to an aromatic ring is 1. The number of primary amides is 1. The van der Waals surface area contributed by atoms with Crippen molar-refractivity contribution in [2.45, 2.75) is 11.3 Å². The molecule has 1 aromatic rings. The van der Waals surface area contributed by atoms with Gasteiger partial charge in [-0.15, -0.1) is 0 Å². The zero-order valence-electron chi connectivity index (χ0n) is 11.7. The first kappa shape index (κ1) is 15.7. The fourth-order valence-electron chi connectivity index (χ4n) is 2.39. The topological polar surface area (TPSA) is 110 Å².